The average molecular weight is 410 g/mol. The molecule has 2 aromatic carbocycles. The van der Waals surface area contributed by atoms with Gasteiger partial charge in [0.15, 0.2) is 0 Å². The maximum atomic E-state index is 2.29. The summed E-state index contributed by atoms with van der Waals surface area (Å²) in [5, 5.41) is 0. The molecule has 0 N–H and O–H groups in total. The van der Waals surface area contributed by atoms with Crippen LogP contribution in [0.3, 0.4) is 0 Å². The van der Waals surface area contributed by atoms with Crippen LogP contribution in [0.25, 0.3) is 0 Å². The van der Waals surface area contributed by atoms with Gasteiger partial charge in [-0.15, -0.1) is 0 Å². The van der Waals surface area contributed by atoms with Gasteiger partial charge in [0.1, 0.15) is 0 Å². The van der Waals surface area contributed by atoms with Gasteiger partial charge in [0.25, 0.3) is 0 Å². The molecule has 0 heterocycles. The SMILES string of the molecule is CCCCc1cc[cH-]c1CCCC.CCCCc1cc[cH-]c1CCCC.[Fe+2]. The Bertz CT molecular complexity index is 451. The van der Waals surface area contributed by atoms with Crippen molar-refractivity contribution in [2.45, 2.75) is 105 Å². The van der Waals surface area contributed by atoms with Crippen molar-refractivity contribution in [2.75, 3.05) is 0 Å². The van der Waals surface area contributed by atoms with Gasteiger partial charge in [-0.3, -0.25) is 0 Å². The van der Waals surface area contributed by atoms with Crippen molar-refractivity contribution >= 4 is 0 Å². The summed E-state index contributed by atoms with van der Waals surface area (Å²) in [6.07, 6.45) is 15.7. The fraction of sp³-hybridized carbons (Fsp3) is 0.615. The number of rotatable bonds is 12. The molecule has 0 aromatic heterocycles. The van der Waals surface area contributed by atoms with Gasteiger partial charge in [-0.25, -0.2) is 12.1 Å². The van der Waals surface area contributed by atoms with Gasteiger partial charge >= 0.3 is 17.1 Å². The van der Waals surface area contributed by atoms with Gasteiger partial charge in [-0.2, -0.15) is 46.5 Å². The maximum Gasteiger partial charge on any atom is 2.00 e. The third-order valence-electron chi connectivity index (χ3n) is 5.21. The van der Waals surface area contributed by atoms with Crippen LogP contribution in [0.2, 0.25) is 0 Å². The van der Waals surface area contributed by atoms with E-state index in [0.29, 0.717) is 0 Å². The summed E-state index contributed by atoms with van der Waals surface area (Å²) in [6, 6.07) is 13.6. The predicted octanol–water partition coefficient (Wildman–Crippen LogP) is 8.18. The number of unbranched alkanes of at least 4 members (excludes halogenated alkanes) is 4. The zero-order chi connectivity index (χ0) is 19.0. The summed E-state index contributed by atoms with van der Waals surface area (Å²) in [6.45, 7) is 9.03. The molecule has 0 radical (unpaired) electrons. The first-order chi connectivity index (χ1) is 12.8. The molecule has 0 spiro atoms. The van der Waals surface area contributed by atoms with Crippen molar-refractivity contribution in [3.05, 3.63) is 58.7 Å². The van der Waals surface area contributed by atoms with E-state index in [0.717, 1.165) is 0 Å². The first-order valence-corrected chi connectivity index (χ1v) is 11.2. The van der Waals surface area contributed by atoms with Crippen molar-refractivity contribution < 1.29 is 17.1 Å². The van der Waals surface area contributed by atoms with Gasteiger partial charge in [0.2, 0.25) is 0 Å². The molecule has 154 valence electrons. The summed E-state index contributed by atoms with van der Waals surface area (Å²) in [5.74, 6) is 0. The molecule has 0 saturated carbocycles. The first-order valence-electron chi connectivity index (χ1n) is 11.2. The van der Waals surface area contributed by atoms with Crippen LogP contribution in [0.4, 0.5) is 0 Å². The second kappa shape index (κ2) is 17.3. The van der Waals surface area contributed by atoms with Crippen molar-refractivity contribution in [3.8, 4) is 0 Å². The minimum absolute atomic E-state index is 0. The number of aryl methyl sites for hydroxylation is 4. The number of hydrogen-bond acceptors (Lipinski definition) is 0. The Morgan fingerprint density at radius 2 is 0.889 bits per heavy atom. The molecule has 1 heteroatoms. The molecule has 2 aromatic rings. The van der Waals surface area contributed by atoms with Crippen LogP contribution in [-0.2, 0) is 42.8 Å². The van der Waals surface area contributed by atoms with Crippen molar-refractivity contribution in [1.82, 2.24) is 0 Å². The van der Waals surface area contributed by atoms with E-state index in [1.807, 2.05) is 0 Å². The molecule has 0 unspecified atom stereocenters. The largest absolute Gasteiger partial charge is 2.00 e. The van der Waals surface area contributed by atoms with Crippen LogP contribution in [0.15, 0.2) is 36.4 Å². The van der Waals surface area contributed by atoms with Crippen LogP contribution in [0.5, 0.6) is 0 Å². The van der Waals surface area contributed by atoms with Crippen LogP contribution >= 0.6 is 0 Å². The topological polar surface area (TPSA) is 0 Å². The molecule has 0 aliphatic carbocycles. The fourth-order valence-corrected chi connectivity index (χ4v) is 3.43. The molecule has 0 atom stereocenters. The fourth-order valence-electron chi connectivity index (χ4n) is 3.43. The molecule has 0 aliphatic rings. The third kappa shape index (κ3) is 11.0. The smallest absolute Gasteiger partial charge is 0.210 e. The molecule has 0 fully saturated rings. The van der Waals surface area contributed by atoms with E-state index in [1.165, 1.54) is 77.0 Å². The first kappa shape index (κ1) is 26.2. The van der Waals surface area contributed by atoms with E-state index >= 15 is 0 Å². The van der Waals surface area contributed by atoms with Crippen molar-refractivity contribution in [2.24, 2.45) is 0 Å². The van der Waals surface area contributed by atoms with Gasteiger partial charge in [-0.1, -0.05) is 105 Å². The van der Waals surface area contributed by atoms with Crippen LogP contribution < -0.4 is 0 Å². The Morgan fingerprint density at radius 3 is 1.22 bits per heavy atom. The molecule has 27 heavy (non-hydrogen) atoms. The van der Waals surface area contributed by atoms with E-state index < -0.39 is 0 Å². The van der Waals surface area contributed by atoms with E-state index in [-0.39, 0.29) is 17.1 Å². The van der Waals surface area contributed by atoms with Gasteiger partial charge in [0, 0.05) is 0 Å². The van der Waals surface area contributed by atoms with E-state index in [1.54, 1.807) is 22.3 Å². The Hall–Kier alpha value is -0.781. The van der Waals surface area contributed by atoms with Crippen molar-refractivity contribution in [1.29, 1.82) is 0 Å². The third-order valence-corrected chi connectivity index (χ3v) is 5.21. The van der Waals surface area contributed by atoms with Crippen molar-refractivity contribution in [3.63, 3.8) is 0 Å². The number of hydrogen-bond donors (Lipinski definition) is 0. The monoisotopic (exact) mass is 410 g/mol. The summed E-state index contributed by atoms with van der Waals surface area (Å²) < 4.78 is 0. The molecule has 0 saturated heterocycles. The predicted molar refractivity (Wildman–Crippen MR) is 119 cm³/mol. The Morgan fingerprint density at radius 1 is 0.556 bits per heavy atom. The minimum atomic E-state index is 0. The molecule has 0 aliphatic heterocycles. The Labute approximate surface area is 180 Å². The van der Waals surface area contributed by atoms with E-state index in [2.05, 4.69) is 64.1 Å². The van der Waals surface area contributed by atoms with Crippen LogP contribution in [-0.4, -0.2) is 0 Å². The summed E-state index contributed by atoms with van der Waals surface area (Å²) in [5.41, 5.74) is 6.37. The standard InChI is InChI=1S/2C13H21.Fe/c2*1-3-5-8-12-10-7-11-13(12)9-6-4-2;/h2*7,10-11H,3-6,8-9H2,1-2H3;/q2*-1;+2. The average Bonchev–Trinajstić information content (AvgIpc) is 3.30. The second-order valence-electron chi connectivity index (χ2n) is 7.57. The van der Waals surface area contributed by atoms with Gasteiger partial charge in [0.05, 0.1) is 0 Å². The molecule has 0 amide bonds. The van der Waals surface area contributed by atoms with Crippen LogP contribution in [0, 0.1) is 0 Å². The van der Waals surface area contributed by atoms with Gasteiger partial charge < -0.3 is 0 Å². The Kier molecular flexibility index (Phi) is 16.8. The zero-order valence-electron chi connectivity index (χ0n) is 18.3. The molecule has 0 bridgehead atoms. The normalized spacial score (nSPS) is 10.2. The maximum absolute atomic E-state index is 2.29. The molecule has 0 nitrogen and oxygen atoms in total. The summed E-state index contributed by atoms with van der Waals surface area (Å²) in [7, 11) is 0. The Balaban J connectivity index is 0.000000483. The van der Waals surface area contributed by atoms with Crippen LogP contribution in [0.1, 0.15) is 101 Å². The molecular formula is C26H42Fe. The van der Waals surface area contributed by atoms with E-state index in [9.17, 15) is 0 Å². The quantitative estimate of drug-likeness (QED) is 0.244. The second-order valence-corrected chi connectivity index (χ2v) is 7.57. The molecular weight excluding hydrogens is 368 g/mol. The zero-order valence-corrected chi connectivity index (χ0v) is 19.4. The molecule has 2 rings (SSSR count). The summed E-state index contributed by atoms with van der Waals surface area (Å²) >= 11 is 0. The van der Waals surface area contributed by atoms with E-state index in [4.69, 9.17) is 0 Å². The minimum Gasteiger partial charge on any atom is -0.210 e. The summed E-state index contributed by atoms with van der Waals surface area (Å²) in [4.78, 5) is 0. The van der Waals surface area contributed by atoms with Gasteiger partial charge in [-0.05, 0) is 0 Å².